The minimum Gasteiger partial charge on any atom is -0.363 e. The van der Waals surface area contributed by atoms with Crippen molar-refractivity contribution in [1.82, 2.24) is 5.32 Å². The predicted octanol–water partition coefficient (Wildman–Crippen LogP) is 4.02. The van der Waals surface area contributed by atoms with Crippen LogP contribution in [0.15, 0.2) is 12.1 Å². The Kier molecular flexibility index (Phi) is 4.87. The molecule has 0 radical (unpaired) electrons. The highest BCUT2D eigenvalue weighted by molar-refractivity contribution is 5.52. The van der Waals surface area contributed by atoms with Crippen molar-refractivity contribution < 1.29 is 8.78 Å². The third-order valence-electron chi connectivity index (χ3n) is 4.99. The highest BCUT2D eigenvalue weighted by Crippen LogP contribution is 2.31. The van der Waals surface area contributed by atoms with Gasteiger partial charge in [-0.05, 0) is 37.8 Å². The highest BCUT2D eigenvalue weighted by atomic mass is 19.1. The number of halogens is 2. The number of rotatable bonds is 4. The molecule has 118 valence electrons. The zero-order valence-electron chi connectivity index (χ0n) is 13.5. The summed E-state index contributed by atoms with van der Waals surface area (Å²) in [5, 5.41) is 3.62. The predicted molar refractivity (Wildman–Crippen MR) is 83.8 cm³/mol. The smallest absolute Gasteiger partial charge is 0.146 e. The van der Waals surface area contributed by atoms with Crippen LogP contribution in [-0.4, -0.2) is 24.7 Å². The first-order chi connectivity index (χ1) is 9.96. The fraction of sp³-hybridized carbons (Fsp3) is 0.647. The lowest BCUT2D eigenvalue weighted by atomic mass is 9.87. The Bertz CT molecular complexity index is 498. The molecule has 1 heterocycles. The molecule has 1 atom stereocenters. The molecule has 0 bridgehead atoms. The Balaban J connectivity index is 2.40. The normalized spacial score (nSPS) is 21.6. The van der Waals surface area contributed by atoms with Crippen molar-refractivity contribution in [2.24, 2.45) is 0 Å². The monoisotopic (exact) mass is 296 g/mol. The van der Waals surface area contributed by atoms with Crippen molar-refractivity contribution in [2.45, 2.75) is 58.5 Å². The van der Waals surface area contributed by atoms with Gasteiger partial charge in [-0.25, -0.2) is 8.78 Å². The van der Waals surface area contributed by atoms with Crippen molar-refractivity contribution in [1.29, 1.82) is 0 Å². The van der Waals surface area contributed by atoms with Crippen LogP contribution in [0.25, 0.3) is 0 Å². The molecular weight excluding hydrogens is 270 g/mol. The van der Waals surface area contributed by atoms with Crippen molar-refractivity contribution in [3.05, 3.63) is 29.3 Å². The first-order valence-electron chi connectivity index (χ1n) is 7.93. The van der Waals surface area contributed by atoms with Gasteiger partial charge in [0.25, 0.3) is 0 Å². The summed E-state index contributed by atoms with van der Waals surface area (Å²) in [6, 6.07) is 2.86. The molecule has 1 aliphatic heterocycles. The Morgan fingerprint density at radius 2 is 1.86 bits per heavy atom. The van der Waals surface area contributed by atoms with Crippen molar-refractivity contribution in [3.8, 4) is 0 Å². The molecule has 1 aromatic rings. The third kappa shape index (κ3) is 3.05. The van der Waals surface area contributed by atoms with Gasteiger partial charge in [0, 0.05) is 30.7 Å². The van der Waals surface area contributed by atoms with Crippen LogP contribution < -0.4 is 10.2 Å². The second-order valence-corrected chi connectivity index (χ2v) is 6.11. The SMILES string of the molecule is CCC1CNC(CC)(CC)CN1c1cc(F)c(C)cc1F. The number of piperazine rings is 1. The number of hydrogen-bond acceptors (Lipinski definition) is 2. The zero-order valence-corrected chi connectivity index (χ0v) is 13.5. The van der Waals surface area contributed by atoms with E-state index in [0.717, 1.165) is 32.4 Å². The van der Waals surface area contributed by atoms with Gasteiger partial charge in [-0.3, -0.25) is 0 Å². The van der Waals surface area contributed by atoms with E-state index in [9.17, 15) is 8.78 Å². The average molecular weight is 296 g/mol. The van der Waals surface area contributed by atoms with Gasteiger partial charge in [0.05, 0.1) is 5.69 Å². The molecule has 2 nitrogen and oxygen atoms in total. The number of aryl methyl sites for hydroxylation is 1. The zero-order chi connectivity index (χ0) is 15.6. The van der Waals surface area contributed by atoms with E-state index in [1.54, 1.807) is 6.92 Å². The Morgan fingerprint density at radius 1 is 1.19 bits per heavy atom. The van der Waals surface area contributed by atoms with Crippen LogP contribution in [0.3, 0.4) is 0 Å². The number of nitrogens with one attached hydrogen (secondary N) is 1. The lowest BCUT2D eigenvalue weighted by Crippen LogP contribution is -2.64. The minimum absolute atomic E-state index is 0.0144. The summed E-state index contributed by atoms with van der Waals surface area (Å²) in [4.78, 5) is 2.06. The quantitative estimate of drug-likeness (QED) is 0.903. The Hall–Kier alpha value is -1.16. The van der Waals surface area contributed by atoms with Gasteiger partial charge in [-0.2, -0.15) is 0 Å². The van der Waals surface area contributed by atoms with E-state index in [2.05, 4.69) is 31.0 Å². The summed E-state index contributed by atoms with van der Waals surface area (Å²) in [7, 11) is 0. The number of anilines is 1. The van der Waals surface area contributed by atoms with E-state index in [-0.39, 0.29) is 23.2 Å². The molecule has 1 aromatic carbocycles. The van der Waals surface area contributed by atoms with E-state index in [1.165, 1.54) is 12.1 Å². The molecule has 0 aromatic heterocycles. The summed E-state index contributed by atoms with van der Waals surface area (Å²) in [6.45, 7) is 9.51. The number of hydrogen-bond donors (Lipinski definition) is 1. The Morgan fingerprint density at radius 3 is 2.43 bits per heavy atom. The summed E-state index contributed by atoms with van der Waals surface area (Å²) >= 11 is 0. The van der Waals surface area contributed by atoms with Crippen LogP contribution in [0.2, 0.25) is 0 Å². The van der Waals surface area contributed by atoms with Crippen LogP contribution in [-0.2, 0) is 0 Å². The number of benzene rings is 1. The van der Waals surface area contributed by atoms with Crippen molar-refractivity contribution in [2.75, 3.05) is 18.0 Å². The van der Waals surface area contributed by atoms with E-state index < -0.39 is 0 Å². The molecule has 0 spiro atoms. The first-order valence-corrected chi connectivity index (χ1v) is 7.93. The van der Waals surface area contributed by atoms with Gasteiger partial charge in [0.15, 0.2) is 0 Å². The van der Waals surface area contributed by atoms with E-state index in [0.29, 0.717) is 11.3 Å². The molecule has 21 heavy (non-hydrogen) atoms. The van der Waals surface area contributed by atoms with Gasteiger partial charge < -0.3 is 10.2 Å². The maximum absolute atomic E-state index is 14.4. The summed E-state index contributed by atoms with van der Waals surface area (Å²) < 4.78 is 28.2. The fourth-order valence-electron chi connectivity index (χ4n) is 3.18. The molecule has 0 aliphatic carbocycles. The maximum Gasteiger partial charge on any atom is 0.146 e. The van der Waals surface area contributed by atoms with Crippen LogP contribution >= 0.6 is 0 Å². The van der Waals surface area contributed by atoms with E-state index >= 15 is 0 Å². The third-order valence-corrected chi connectivity index (χ3v) is 4.99. The topological polar surface area (TPSA) is 15.3 Å². The molecule has 0 amide bonds. The van der Waals surface area contributed by atoms with Crippen molar-refractivity contribution >= 4 is 5.69 Å². The van der Waals surface area contributed by atoms with Crippen molar-refractivity contribution in [3.63, 3.8) is 0 Å². The second kappa shape index (κ2) is 6.30. The van der Waals surface area contributed by atoms with Gasteiger partial charge in [0.2, 0.25) is 0 Å². The van der Waals surface area contributed by atoms with Crippen LogP contribution in [0.1, 0.15) is 45.6 Å². The van der Waals surface area contributed by atoms with Crippen LogP contribution in [0.4, 0.5) is 14.5 Å². The van der Waals surface area contributed by atoms with Crippen LogP contribution in [0.5, 0.6) is 0 Å². The molecule has 1 saturated heterocycles. The summed E-state index contributed by atoms with van der Waals surface area (Å²) in [5.41, 5.74) is 0.744. The number of nitrogens with zero attached hydrogens (tertiary/aromatic N) is 1. The standard InChI is InChI=1S/C17H26F2N2/c1-5-13-10-20-17(6-2,7-3)11-21(13)16-9-14(18)12(4)8-15(16)19/h8-9,13,20H,5-7,10-11H2,1-4H3. The van der Waals surface area contributed by atoms with E-state index in [1.807, 2.05) is 0 Å². The second-order valence-electron chi connectivity index (χ2n) is 6.11. The molecule has 1 fully saturated rings. The molecule has 1 N–H and O–H groups in total. The Labute approximate surface area is 126 Å². The minimum atomic E-state index is -0.335. The van der Waals surface area contributed by atoms with Crippen LogP contribution in [0, 0.1) is 18.6 Å². The van der Waals surface area contributed by atoms with Gasteiger partial charge in [0.1, 0.15) is 11.6 Å². The molecule has 1 aliphatic rings. The van der Waals surface area contributed by atoms with Gasteiger partial charge >= 0.3 is 0 Å². The summed E-state index contributed by atoms with van der Waals surface area (Å²) in [5.74, 6) is -0.659. The van der Waals surface area contributed by atoms with Gasteiger partial charge in [-0.1, -0.05) is 20.8 Å². The maximum atomic E-state index is 14.4. The van der Waals surface area contributed by atoms with Gasteiger partial charge in [-0.15, -0.1) is 0 Å². The molecular formula is C17H26F2N2. The fourth-order valence-corrected chi connectivity index (χ4v) is 3.18. The molecule has 4 heteroatoms. The lowest BCUT2D eigenvalue weighted by Gasteiger charge is -2.48. The summed E-state index contributed by atoms with van der Waals surface area (Å²) in [6.07, 6.45) is 2.87. The molecule has 0 saturated carbocycles. The highest BCUT2D eigenvalue weighted by Gasteiger charge is 2.37. The average Bonchev–Trinajstić information content (AvgIpc) is 2.50. The first kappa shape index (κ1) is 16.2. The largest absolute Gasteiger partial charge is 0.363 e. The van der Waals surface area contributed by atoms with E-state index in [4.69, 9.17) is 0 Å². The molecule has 1 unspecified atom stereocenters. The lowest BCUT2D eigenvalue weighted by molar-refractivity contribution is 0.245. The molecule has 2 rings (SSSR count).